The molecule has 90 valence electrons. The Morgan fingerprint density at radius 2 is 2.38 bits per heavy atom. The predicted octanol–water partition coefficient (Wildman–Crippen LogP) is 3.68. The predicted molar refractivity (Wildman–Crippen MR) is 73.5 cm³/mol. The molecule has 1 rings (SSSR count). The summed E-state index contributed by atoms with van der Waals surface area (Å²) >= 11 is 5.01. The molecule has 0 aromatic carbocycles. The van der Waals surface area contributed by atoms with E-state index in [1.165, 1.54) is 12.8 Å². The molecular weight excluding hydrogens is 286 g/mol. The van der Waals surface area contributed by atoms with Gasteiger partial charge in [-0.05, 0) is 30.2 Å². The molecule has 1 aromatic heterocycles. The Kier molecular flexibility index (Phi) is 6.73. The van der Waals surface area contributed by atoms with Crippen molar-refractivity contribution in [2.45, 2.75) is 26.2 Å². The van der Waals surface area contributed by atoms with Crippen LogP contribution in [-0.4, -0.2) is 17.8 Å². The van der Waals surface area contributed by atoms with E-state index in [9.17, 15) is 4.79 Å². The Morgan fingerprint density at radius 3 is 2.94 bits per heavy atom. The molecule has 0 bridgehead atoms. The number of alkyl halides is 1. The van der Waals surface area contributed by atoms with Crippen LogP contribution in [0, 0.1) is 5.92 Å². The molecule has 1 unspecified atom stereocenters. The van der Waals surface area contributed by atoms with E-state index in [1.807, 2.05) is 16.8 Å². The van der Waals surface area contributed by atoms with Gasteiger partial charge in [-0.2, -0.15) is 11.3 Å². The number of thiophene rings is 1. The molecular formula is C12H18BrNOS. The minimum Gasteiger partial charge on any atom is -0.352 e. The molecule has 1 heterocycles. The summed E-state index contributed by atoms with van der Waals surface area (Å²) in [4.78, 5) is 11.7. The zero-order valence-electron chi connectivity index (χ0n) is 9.54. The summed E-state index contributed by atoms with van der Waals surface area (Å²) in [6, 6.07) is 1.86. The van der Waals surface area contributed by atoms with Crippen molar-refractivity contribution in [2.24, 2.45) is 5.92 Å². The number of nitrogens with one attached hydrogen (secondary N) is 1. The van der Waals surface area contributed by atoms with Gasteiger partial charge in [0.05, 0.1) is 0 Å². The van der Waals surface area contributed by atoms with E-state index in [-0.39, 0.29) is 5.91 Å². The molecule has 1 aromatic rings. The molecule has 0 spiro atoms. The monoisotopic (exact) mass is 303 g/mol. The van der Waals surface area contributed by atoms with Gasteiger partial charge in [0.15, 0.2) is 0 Å². The molecule has 2 nitrogen and oxygen atoms in total. The van der Waals surface area contributed by atoms with Crippen molar-refractivity contribution in [2.75, 3.05) is 11.9 Å². The van der Waals surface area contributed by atoms with E-state index in [0.29, 0.717) is 5.92 Å². The average Bonchev–Trinajstić information content (AvgIpc) is 2.79. The summed E-state index contributed by atoms with van der Waals surface area (Å²) in [7, 11) is 0. The lowest BCUT2D eigenvalue weighted by Crippen LogP contribution is -2.29. The van der Waals surface area contributed by atoms with Gasteiger partial charge in [-0.25, -0.2) is 0 Å². The second kappa shape index (κ2) is 7.85. The fourth-order valence-corrected chi connectivity index (χ4v) is 2.93. The molecule has 0 aliphatic carbocycles. The zero-order valence-corrected chi connectivity index (χ0v) is 11.9. The van der Waals surface area contributed by atoms with Crippen molar-refractivity contribution in [3.8, 4) is 0 Å². The first kappa shape index (κ1) is 13.7. The van der Waals surface area contributed by atoms with Crippen molar-refractivity contribution in [1.29, 1.82) is 0 Å². The first-order valence-electron chi connectivity index (χ1n) is 5.64. The maximum Gasteiger partial charge on any atom is 0.252 e. The van der Waals surface area contributed by atoms with Crippen LogP contribution < -0.4 is 5.32 Å². The molecule has 4 heteroatoms. The molecule has 0 saturated heterocycles. The van der Waals surface area contributed by atoms with Crippen LogP contribution in [0.2, 0.25) is 0 Å². The maximum absolute atomic E-state index is 11.7. The van der Waals surface area contributed by atoms with Gasteiger partial charge >= 0.3 is 0 Å². The van der Waals surface area contributed by atoms with Gasteiger partial charge in [-0.15, -0.1) is 0 Å². The fourth-order valence-electron chi connectivity index (χ4n) is 1.64. The van der Waals surface area contributed by atoms with Crippen LogP contribution >= 0.6 is 27.3 Å². The number of carbonyl (C=O) groups excluding carboxylic acids is 1. The van der Waals surface area contributed by atoms with Crippen LogP contribution in [0.15, 0.2) is 16.8 Å². The maximum atomic E-state index is 11.7. The highest BCUT2D eigenvalue weighted by Crippen LogP contribution is 2.12. The zero-order chi connectivity index (χ0) is 11.8. The van der Waals surface area contributed by atoms with Crippen molar-refractivity contribution >= 4 is 33.2 Å². The van der Waals surface area contributed by atoms with Crippen LogP contribution in [0.1, 0.15) is 36.5 Å². The highest BCUT2D eigenvalue weighted by molar-refractivity contribution is 9.09. The van der Waals surface area contributed by atoms with E-state index < -0.39 is 0 Å². The number of hydrogen-bond acceptors (Lipinski definition) is 2. The Morgan fingerprint density at radius 1 is 1.56 bits per heavy atom. The number of amides is 1. The average molecular weight is 304 g/mol. The Bertz CT molecular complexity index is 294. The van der Waals surface area contributed by atoms with Gasteiger partial charge in [0.1, 0.15) is 0 Å². The Hall–Kier alpha value is -0.350. The Balaban J connectivity index is 2.34. The third-order valence-corrected chi connectivity index (χ3v) is 3.69. The quantitative estimate of drug-likeness (QED) is 0.765. The Labute approximate surface area is 110 Å². The molecule has 16 heavy (non-hydrogen) atoms. The van der Waals surface area contributed by atoms with Gasteiger partial charge in [-0.1, -0.05) is 29.3 Å². The van der Waals surface area contributed by atoms with E-state index in [1.54, 1.807) is 11.3 Å². The van der Waals surface area contributed by atoms with Crippen LogP contribution in [0.5, 0.6) is 0 Å². The second-order valence-electron chi connectivity index (χ2n) is 3.85. The first-order chi connectivity index (χ1) is 7.77. The van der Waals surface area contributed by atoms with Crippen LogP contribution in [0.3, 0.4) is 0 Å². The number of carbonyl (C=O) groups is 1. The van der Waals surface area contributed by atoms with Crippen molar-refractivity contribution in [3.05, 3.63) is 22.4 Å². The van der Waals surface area contributed by atoms with Crippen molar-refractivity contribution in [3.63, 3.8) is 0 Å². The molecule has 0 fully saturated rings. The lowest BCUT2D eigenvalue weighted by molar-refractivity contribution is 0.0946. The highest BCUT2D eigenvalue weighted by Gasteiger charge is 2.10. The first-order valence-corrected chi connectivity index (χ1v) is 7.70. The summed E-state index contributed by atoms with van der Waals surface area (Å²) in [5.74, 6) is 0.642. The van der Waals surface area contributed by atoms with E-state index in [2.05, 4.69) is 28.2 Å². The topological polar surface area (TPSA) is 29.1 Å². The SMILES string of the molecule is CCCC(CCBr)CNC(=O)c1ccsc1. The molecule has 1 amide bonds. The number of halogens is 1. The second-order valence-corrected chi connectivity index (χ2v) is 5.43. The minimum atomic E-state index is 0.0527. The highest BCUT2D eigenvalue weighted by atomic mass is 79.9. The molecule has 0 radical (unpaired) electrons. The lowest BCUT2D eigenvalue weighted by atomic mass is 10.0. The largest absolute Gasteiger partial charge is 0.352 e. The summed E-state index contributed by atoms with van der Waals surface area (Å²) in [6.07, 6.45) is 3.47. The van der Waals surface area contributed by atoms with Crippen LogP contribution in [-0.2, 0) is 0 Å². The molecule has 0 aliphatic heterocycles. The molecule has 1 atom stereocenters. The van der Waals surface area contributed by atoms with Gasteiger partial charge in [0.2, 0.25) is 0 Å². The van der Waals surface area contributed by atoms with E-state index >= 15 is 0 Å². The fraction of sp³-hybridized carbons (Fsp3) is 0.583. The number of hydrogen-bond donors (Lipinski definition) is 1. The van der Waals surface area contributed by atoms with Crippen LogP contribution in [0.4, 0.5) is 0 Å². The van der Waals surface area contributed by atoms with Crippen LogP contribution in [0.25, 0.3) is 0 Å². The van der Waals surface area contributed by atoms with Gasteiger partial charge in [0.25, 0.3) is 5.91 Å². The third-order valence-electron chi connectivity index (χ3n) is 2.55. The van der Waals surface area contributed by atoms with E-state index in [4.69, 9.17) is 0 Å². The normalized spacial score (nSPS) is 12.4. The summed E-state index contributed by atoms with van der Waals surface area (Å²) in [5, 5.41) is 7.82. The minimum absolute atomic E-state index is 0.0527. The smallest absolute Gasteiger partial charge is 0.252 e. The summed E-state index contributed by atoms with van der Waals surface area (Å²) in [5.41, 5.74) is 0.777. The van der Waals surface area contributed by atoms with E-state index in [0.717, 1.165) is 23.9 Å². The van der Waals surface area contributed by atoms with Gasteiger partial charge in [0, 0.05) is 22.8 Å². The molecule has 0 aliphatic rings. The number of rotatable bonds is 7. The van der Waals surface area contributed by atoms with Crippen molar-refractivity contribution < 1.29 is 4.79 Å². The summed E-state index contributed by atoms with van der Waals surface area (Å²) in [6.45, 7) is 2.97. The lowest BCUT2D eigenvalue weighted by Gasteiger charge is -2.15. The molecule has 1 N–H and O–H groups in total. The van der Waals surface area contributed by atoms with Gasteiger partial charge in [-0.3, -0.25) is 4.79 Å². The summed E-state index contributed by atoms with van der Waals surface area (Å²) < 4.78 is 0. The van der Waals surface area contributed by atoms with Crippen molar-refractivity contribution in [1.82, 2.24) is 5.32 Å². The third kappa shape index (κ3) is 4.66. The van der Waals surface area contributed by atoms with Gasteiger partial charge < -0.3 is 5.32 Å². The standard InChI is InChI=1S/C12H18BrNOS/c1-2-3-10(4-6-13)8-14-12(15)11-5-7-16-9-11/h5,7,9-10H,2-4,6,8H2,1H3,(H,14,15). The molecule has 0 saturated carbocycles.